The number of fused-ring (bicyclic) bond motifs is 1. The third-order valence-corrected chi connectivity index (χ3v) is 3.08. The van der Waals surface area contributed by atoms with E-state index in [1.165, 1.54) is 17.1 Å². The molecule has 0 amide bonds. The molecule has 4 N–H and O–H groups in total. The molecule has 0 aromatic carbocycles. The van der Waals surface area contributed by atoms with Crippen LogP contribution in [0.2, 0.25) is 0 Å². The van der Waals surface area contributed by atoms with Gasteiger partial charge in [0, 0.05) is 0 Å². The summed E-state index contributed by atoms with van der Waals surface area (Å²) in [6, 6.07) is 0. The molecule has 3 heterocycles. The van der Waals surface area contributed by atoms with E-state index in [2.05, 4.69) is 15.0 Å². The average Bonchev–Trinajstić information content (AvgIpc) is 2.92. The first-order chi connectivity index (χ1) is 9.11. The summed E-state index contributed by atoms with van der Waals surface area (Å²) in [7, 11) is 0. The lowest BCUT2D eigenvalue weighted by Gasteiger charge is -2.14. The number of rotatable bonds is 2. The topological polar surface area (TPSA) is 119 Å². The van der Waals surface area contributed by atoms with Gasteiger partial charge in [0.2, 0.25) is 5.95 Å². The summed E-state index contributed by atoms with van der Waals surface area (Å²) >= 11 is 0. The molecule has 3 rings (SSSR count). The molecule has 0 radical (unpaired) electrons. The molecule has 118 valence electrons. The summed E-state index contributed by atoms with van der Waals surface area (Å²) < 4.78 is 20.6. The van der Waals surface area contributed by atoms with Crippen LogP contribution < -0.4 is 5.73 Å². The molecule has 2 aromatic heterocycles. The van der Waals surface area contributed by atoms with Crippen LogP contribution in [0.3, 0.4) is 0 Å². The molecule has 0 aliphatic carbocycles. The van der Waals surface area contributed by atoms with Gasteiger partial charge in [0.05, 0.1) is 19.1 Å². The van der Waals surface area contributed by atoms with Gasteiger partial charge in [-0.05, 0) is 0 Å². The molecule has 1 saturated heterocycles. The summed E-state index contributed by atoms with van der Waals surface area (Å²) in [4.78, 5) is 11.8. The minimum absolute atomic E-state index is 0. The van der Waals surface area contributed by atoms with Gasteiger partial charge < -0.3 is 20.7 Å². The quantitative estimate of drug-likeness (QED) is 0.694. The van der Waals surface area contributed by atoms with E-state index in [-0.39, 0.29) is 30.8 Å². The minimum Gasteiger partial charge on any atom is -0.394 e. The van der Waals surface area contributed by atoms with Crippen molar-refractivity contribution in [1.82, 2.24) is 19.5 Å². The van der Waals surface area contributed by atoms with E-state index in [0.29, 0.717) is 11.2 Å². The monoisotopic (exact) mass is 341 g/mol. The number of nitrogens with zero attached hydrogens (tertiary/aromatic N) is 4. The average molecular weight is 342 g/mol. The van der Waals surface area contributed by atoms with E-state index < -0.39 is 31.2 Å². The highest BCUT2D eigenvalue weighted by atomic mass is 35.5. The number of aromatic nitrogens is 4. The number of halogens is 3. The Balaban J connectivity index is 0.00000110. The van der Waals surface area contributed by atoms with E-state index in [9.17, 15) is 9.50 Å². The molecule has 1 fully saturated rings. The SMILES string of the molecule is Cl.Cl.Nc1ncc2ncn([C@@H]3O[C@H](CO)[C@@H](O)[C@H]3F)c2n1. The van der Waals surface area contributed by atoms with Crippen molar-refractivity contribution in [2.24, 2.45) is 0 Å². The van der Waals surface area contributed by atoms with E-state index in [4.69, 9.17) is 15.6 Å². The second kappa shape index (κ2) is 6.67. The first-order valence-electron chi connectivity index (χ1n) is 5.65. The smallest absolute Gasteiger partial charge is 0.222 e. The highest BCUT2D eigenvalue weighted by Crippen LogP contribution is 2.33. The molecule has 1 aliphatic heterocycles. The number of alkyl halides is 1. The van der Waals surface area contributed by atoms with Crippen LogP contribution in [0.25, 0.3) is 11.2 Å². The van der Waals surface area contributed by atoms with Crippen LogP contribution in [0.4, 0.5) is 10.3 Å². The van der Waals surface area contributed by atoms with Crippen molar-refractivity contribution in [1.29, 1.82) is 0 Å². The lowest BCUT2D eigenvalue weighted by atomic mass is 10.1. The Hall–Kier alpha value is -1.26. The summed E-state index contributed by atoms with van der Waals surface area (Å²) in [6.07, 6.45) is -2.42. The number of nitrogen functional groups attached to an aromatic ring is 1. The lowest BCUT2D eigenvalue weighted by Crippen LogP contribution is -2.30. The molecule has 0 spiro atoms. The number of ether oxygens (including phenoxy) is 1. The first kappa shape index (κ1) is 17.8. The van der Waals surface area contributed by atoms with Gasteiger partial charge >= 0.3 is 0 Å². The molecule has 0 bridgehead atoms. The van der Waals surface area contributed by atoms with Gasteiger partial charge in [-0.3, -0.25) is 4.57 Å². The Bertz CT molecular complexity index is 615. The molecule has 1 aliphatic rings. The van der Waals surface area contributed by atoms with Crippen molar-refractivity contribution in [2.45, 2.75) is 24.6 Å². The van der Waals surface area contributed by atoms with Crippen LogP contribution in [0.15, 0.2) is 12.5 Å². The lowest BCUT2D eigenvalue weighted by molar-refractivity contribution is -0.0459. The van der Waals surface area contributed by atoms with Crippen molar-refractivity contribution in [3.05, 3.63) is 12.5 Å². The molecule has 8 nitrogen and oxygen atoms in total. The van der Waals surface area contributed by atoms with Crippen molar-refractivity contribution in [3.63, 3.8) is 0 Å². The second-order valence-corrected chi connectivity index (χ2v) is 4.27. The van der Waals surface area contributed by atoms with Crippen molar-refractivity contribution in [2.75, 3.05) is 12.3 Å². The maximum Gasteiger partial charge on any atom is 0.222 e. The van der Waals surface area contributed by atoms with Crippen molar-refractivity contribution < 1.29 is 19.3 Å². The van der Waals surface area contributed by atoms with Gasteiger partial charge in [0.15, 0.2) is 18.0 Å². The van der Waals surface area contributed by atoms with Gasteiger partial charge in [-0.15, -0.1) is 24.8 Å². The van der Waals surface area contributed by atoms with E-state index >= 15 is 0 Å². The number of hydrogen-bond acceptors (Lipinski definition) is 7. The zero-order valence-corrected chi connectivity index (χ0v) is 12.2. The van der Waals surface area contributed by atoms with Crippen LogP contribution in [0.5, 0.6) is 0 Å². The molecule has 2 aromatic rings. The largest absolute Gasteiger partial charge is 0.394 e. The van der Waals surface area contributed by atoms with Gasteiger partial charge in [0.25, 0.3) is 0 Å². The number of aliphatic hydroxyl groups is 2. The predicted molar refractivity (Wildman–Crippen MR) is 76.1 cm³/mol. The number of hydrogen-bond donors (Lipinski definition) is 3. The number of nitrogens with two attached hydrogens (primary N) is 1. The molecule has 0 saturated carbocycles. The Labute approximate surface area is 131 Å². The van der Waals surface area contributed by atoms with Crippen LogP contribution in [0, 0.1) is 0 Å². The van der Waals surface area contributed by atoms with Gasteiger partial charge in [0.1, 0.15) is 17.7 Å². The van der Waals surface area contributed by atoms with Crippen LogP contribution in [0.1, 0.15) is 6.23 Å². The fourth-order valence-corrected chi connectivity index (χ4v) is 2.10. The van der Waals surface area contributed by atoms with Crippen molar-refractivity contribution >= 4 is 41.9 Å². The van der Waals surface area contributed by atoms with E-state index in [1.54, 1.807) is 0 Å². The van der Waals surface area contributed by atoms with Gasteiger partial charge in [-0.1, -0.05) is 0 Å². The fourth-order valence-electron chi connectivity index (χ4n) is 2.10. The van der Waals surface area contributed by atoms with E-state index in [0.717, 1.165) is 0 Å². The Morgan fingerprint density at radius 2 is 2.10 bits per heavy atom. The third-order valence-electron chi connectivity index (χ3n) is 3.08. The molecule has 21 heavy (non-hydrogen) atoms. The first-order valence-corrected chi connectivity index (χ1v) is 5.65. The standard InChI is InChI=1S/C10H12FN5O3.2ClH/c11-6-7(18)5(2-17)19-9(6)16-3-14-4-1-13-10(12)15-8(4)16;;/h1,3,5-7,9,17-18H,2H2,(H2,12,13,15);2*1H/t5-,6-,7-,9-;;/m1../s1. The van der Waals surface area contributed by atoms with Gasteiger partial charge in [-0.2, -0.15) is 4.98 Å². The number of aliphatic hydroxyl groups excluding tert-OH is 2. The minimum atomic E-state index is -1.69. The maximum atomic E-state index is 14.0. The van der Waals surface area contributed by atoms with Crippen LogP contribution in [-0.2, 0) is 4.74 Å². The van der Waals surface area contributed by atoms with Gasteiger partial charge in [-0.25, -0.2) is 14.4 Å². The van der Waals surface area contributed by atoms with Crippen molar-refractivity contribution in [3.8, 4) is 0 Å². The normalized spacial score (nSPS) is 28.1. The molecular weight excluding hydrogens is 328 g/mol. The maximum absolute atomic E-state index is 14.0. The Morgan fingerprint density at radius 1 is 1.38 bits per heavy atom. The Kier molecular flexibility index (Phi) is 5.65. The summed E-state index contributed by atoms with van der Waals surface area (Å²) in [5.74, 6) is 0.0295. The second-order valence-electron chi connectivity index (χ2n) is 4.27. The number of anilines is 1. The van der Waals surface area contributed by atoms with Crippen LogP contribution >= 0.6 is 24.8 Å². The molecule has 4 atom stereocenters. The third kappa shape index (κ3) is 2.87. The molecule has 0 unspecified atom stereocenters. The Morgan fingerprint density at radius 3 is 2.71 bits per heavy atom. The highest BCUT2D eigenvalue weighted by Gasteiger charge is 2.45. The molecule has 11 heteroatoms. The van der Waals surface area contributed by atoms with Crippen LogP contribution in [-0.4, -0.2) is 54.7 Å². The highest BCUT2D eigenvalue weighted by molar-refractivity contribution is 5.85. The molecular formula is C10H14Cl2FN5O3. The fraction of sp³-hybridized carbons (Fsp3) is 0.500. The zero-order chi connectivity index (χ0) is 13.6. The summed E-state index contributed by atoms with van der Waals surface area (Å²) in [6.45, 7) is -0.470. The summed E-state index contributed by atoms with van der Waals surface area (Å²) in [5, 5.41) is 18.6. The summed E-state index contributed by atoms with van der Waals surface area (Å²) in [5.41, 5.74) is 6.23. The zero-order valence-electron chi connectivity index (χ0n) is 10.5. The predicted octanol–water partition coefficient (Wildman–Crippen LogP) is -0.159. The number of imidazole rings is 1. The van der Waals surface area contributed by atoms with E-state index in [1.807, 2.05) is 0 Å².